The third-order valence-electron chi connectivity index (χ3n) is 4.01. The molecule has 1 aromatic rings. The van der Waals surface area contributed by atoms with Gasteiger partial charge in [0, 0.05) is 17.1 Å². The Bertz CT molecular complexity index is 493. The van der Waals surface area contributed by atoms with Crippen LogP contribution in [0, 0.1) is 16.7 Å². The highest BCUT2D eigenvalue weighted by atomic mass is 35.5. The van der Waals surface area contributed by atoms with E-state index in [4.69, 9.17) is 16.3 Å². The molecule has 0 amide bonds. The molecule has 0 aromatic heterocycles. The summed E-state index contributed by atoms with van der Waals surface area (Å²) in [6.45, 7) is 1.12. The third kappa shape index (κ3) is 1.91. The first-order valence-corrected chi connectivity index (χ1v) is 6.62. The molecule has 0 radical (unpaired) electrons. The normalized spacial score (nSPS) is 29.6. The number of hydrogen-bond acceptors (Lipinski definition) is 3. The summed E-state index contributed by atoms with van der Waals surface area (Å²) in [5.74, 6) is 0. The van der Waals surface area contributed by atoms with Crippen LogP contribution in [0.3, 0.4) is 0 Å². The molecule has 0 bridgehead atoms. The Kier molecular flexibility index (Phi) is 3.03. The van der Waals surface area contributed by atoms with Crippen LogP contribution in [0.15, 0.2) is 24.3 Å². The van der Waals surface area contributed by atoms with Crippen molar-refractivity contribution in [1.29, 1.82) is 5.26 Å². The van der Waals surface area contributed by atoms with Gasteiger partial charge in [0.25, 0.3) is 0 Å². The number of hydrogen-bond donors (Lipinski definition) is 1. The molecule has 2 aliphatic heterocycles. The first-order valence-electron chi connectivity index (χ1n) is 6.24. The summed E-state index contributed by atoms with van der Waals surface area (Å²) in [6, 6.07) is 10.9. The quantitative estimate of drug-likeness (QED) is 0.891. The second-order valence-corrected chi connectivity index (χ2v) is 5.60. The zero-order valence-corrected chi connectivity index (χ0v) is 10.8. The number of rotatable bonds is 2. The third-order valence-corrected chi connectivity index (χ3v) is 4.24. The Morgan fingerprint density at radius 2 is 2.22 bits per heavy atom. The van der Waals surface area contributed by atoms with Crippen molar-refractivity contribution in [3.8, 4) is 6.07 Å². The number of nitrogens with one attached hydrogen (secondary N) is 1. The maximum absolute atomic E-state index is 9.31. The van der Waals surface area contributed by atoms with E-state index in [2.05, 4.69) is 17.5 Å². The lowest BCUT2D eigenvalue weighted by atomic mass is 9.79. The smallest absolute Gasteiger partial charge is 0.119 e. The van der Waals surface area contributed by atoms with Crippen molar-refractivity contribution < 1.29 is 4.74 Å². The van der Waals surface area contributed by atoms with E-state index in [9.17, 15) is 5.26 Å². The van der Waals surface area contributed by atoms with E-state index in [-0.39, 0.29) is 11.5 Å². The van der Waals surface area contributed by atoms with Crippen molar-refractivity contribution in [2.45, 2.75) is 24.9 Å². The van der Waals surface area contributed by atoms with Gasteiger partial charge >= 0.3 is 0 Å². The molecule has 2 fully saturated rings. The zero-order chi connectivity index (χ0) is 12.6. The van der Waals surface area contributed by atoms with Gasteiger partial charge in [-0.25, -0.2) is 0 Å². The number of benzene rings is 1. The molecule has 2 atom stereocenters. The number of nitrogens with zero attached hydrogens (tertiary/aromatic N) is 1. The Morgan fingerprint density at radius 1 is 1.39 bits per heavy atom. The minimum Gasteiger partial charge on any atom is -0.378 e. The molecule has 2 aliphatic rings. The minimum absolute atomic E-state index is 0.236. The van der Waals surface area contributed by atoms with Crippen molar-refractivity contribution in [2.24, 2.45) is 5.41 Å². The Morgan fingerprint density at radius 3 is 2.83 bits per heavy atom. The number of nitriles is 1. The second kappa shape index (κ2) is 4.55. The van der Waals surface area contributed by atoms with Gasteiger partial charge in [0.05, 0.1) is 19.3 Å². The molecule has 1 unspecified atom stereocenters. The lowest BCUT2D eigenvalue weighted by Gasteiger charge is -2.40. The van der Waals surface area contributed by atoms with Gasteiger partial charge in [-0.1, -0.05) is 23.7 Å². The maximum Gasteiger partial charge on any atom is 0.119 e. The molecule has 3 rings (SSSR count). The van der Waals surface area contributed by atoms with Crippen LogP contribution < -0.4 is 5.32 Å². The Balaban J connectivity index is 1.74. The van der Waals surface area contributed by atoms with E-state index in [1.54, 1.807) is 0 Å². The summed E-state index contributed by atoms with van der Waals surface area (Å²) in [6.07, 6.45) is 2.07. The second-order valence-electron chi connectivity index (χ2n) is 5.16. The van der Waals surface area contributed by atoms with Crippen LogP contribution in [-0.2, 0) is 4.74 Å². The van der Waals surface area contributed by atoms with Gasteiger partial charge in [-0.3, -0.25) is 0 Å². The van der Waals surface area contributed by atoms with E-state index in [0.29, 0.717) is 19.3 Å². The van der Waals surface area contributed by atoms with Crippen molar-refractivity contribution >= 4 is 11.6 Å². The first kappa shape index (κ1) is 12.0. The highest BCUT2D eigenvalue weighted by Gasteiger charge is 2.48. The van der Waals surface area contributed by atoms with Gasteiger partial charge in [-0.05, 0) is 30.5 Å². The highest BCUT2D eigenvalue weighted by Crippen LogP contribution is 2.39. The Hall–Kier alpha value is -1.08. The van der Waals surface area contributed by atoms with E-state index >= 15 is 0 Å². The van der Waals surface area contributed by atoms with Crippen molar-refractivity contribution in [3.63, 3.8) is 0 Å². The van der Waals surface area contributed by atoms with Gasteiger partial charge in [0.2, 0.25) is 0 Å². The summed E-state index contributed by atoms with van der Waals surface area (Å²) >= 11 is 6.02. The zero-order valence-electron chi connectivity index (χ0n) is 10.0. The van der Waals surface area contributed by atoms with Crippen LogP contribution >= 0.6 is 11.6 Å². The molecular weight excluding hydrogens is 248 g/mol. The van der Waals surface area contributed by atoms with Gasteiger partial charge in [-0.2, -0.15) is 5.26 Å². The van der Waals surface area contributed by atoms with Gasteiger partial charge in [0.15, 0.2) is 0 Å². The Labute approximate surface area is 112 Å². The first-order chi connectivity index (χ1) is 8.73. The fourth-order valence-electron chi connectivity index (χ4n) is 2.83. The van der Waals surface area contributed by atoms with Crippen LogP contribution in [0.1, 0.15) is 24.4 Å². The summed E-state index contributed by atoms with van der Waals surface area (Å²) in [4.78, 5) is 0. The summed E-state index contributed by atoms with van der Waals surface area (Å²) in [5, 5.41) is 13.6. The maximum atomic E-state index is 9.31. The molecule has 94 valence electrons. The van der Waals surface area contributed by atoms with E-state index in [1.165, 1.54) is 5.56 Å². The lowest BCUT2D eigenvalue weighted by Crippen LogP contribution is -2.54. The van der Waals surface area contributed by atoms with Gasteiger partial charge in [-0.15, -0.1) is 0 Å². The molecular formula is C14H15ClN2O. The van der Waals surface area contributed by atoms with Crippen molar-refractivity contribution in [3.05, 3.63) is 34.9 Å². The summed E-state index contributed by atoms with van der Waals surface area (Å²) in [7, 11) is 0. The fraction of sp³-hybridized carbons (Fsp3) is 0.500. The fourth-order valence-corrected chi connectivity index (χ4v) is 3.03. The van der Waals surface area contributed by atoms with Crippen LogP contribution in [0.25, 0.3) is 0 Å². The standard InChI is InChI=1S/C14H15ClN2O/c15-11-3-1-2-10(6-11)12-4-5-13(17-12)14(7-16)8-18-9-14/h1-3,6,12-13,17H,4-5,8-9H2/t12-,13?/m0/s1. The average molecular weight is 263 g/mol. The SMILES string of the molecule is N#CC1(C2CC[C@@H](c3cccc(Cl)c3)N2)COC1. The van der Waals surface area contributed by atoms with Crippen molar-refractivity contribution in [2.75, 3.05) is 13.2 Å². The highest BCUT2D eigenvalue weighted by molar-refractivity contribution is 6.30. The molecule has 0 spiro atoms. The van der Waals surface area contributed by atoms with Gasteiger partial charge in [0.1, 0.15) is 5.41 Å². The van der Waals surface area contributed by atoms with Gasteiger partial charge < -0.3 is 10.1 Å². The molecule has 1 N–H and O–H groups in total. The molecule has 3 nitrogen and oxygen atoms in total. The largest absolute Gasteiger partial charge is 0.378 e. The molecule has 2 saturated heterocycles. The molecule has 1 aromatic carbocycles. The average Bonchev–Trinajstić information content (AvgIpc) is 2.78. The minimum atomic E-state index is -0.312. The predicted octanol–water partition coefficient (Wildman–Crippen LogP) is 2.67. The van der Waals surface area contributed by atoms with Crippen LogP contribution in [0.4, 0.5) is 0 Å². The molecule has 2 heterocycles. The van der Waals surface area contributed by atoms with Crippen LogP contribution in [-0.4, -0.2) is 19.3 Å². The molecule has 18 heavy (non-hydrogen) atoms. The van der Waals surface area contributed by atoms with Crippen LogP contribution in [0.2, 0.25) is 5.02 Å². The summed E-state index contributed by atoms with van der Waals surface area (Å²) < 4.78 is 5.22. The topological polar surface area (TPSA) is 45.0 Å². The molecule has 4 heteroatoms. The summed E-state index contributed by atoms with van der Waals surface area (Å²) in [5.41, 5.74) is 0.895. The number of ether oxygens (including phenoxy) is 1. The lowest BCUT2D eigenvalue weighted by molar-refractivity contribution is -0.0939. The molecule has 0 saturated carbocycles. The predicted molar refractivity (Wildman–Crippen MR) is 69.2 cm³/mol. The number of halogens is 1. The van der Waals surface area contributed by atoms with E-state index < -0.39 is 0 Å². The van der Waals surface area contributed by atoms with E-state index in [0.717, 1.165) is 17.9 Å². The van der Waals surface area contributed by atoms with E-state index in [1.807, 2.05) is 18.2 Å². The molecule has 0 aliphatic carbocycles. The van der Waals surface area contributed by atoms with Crippen molar-refractivity contribution in [1.82, 2.24) is 5.32 Å². The monoisotopic (exact) mass is 262 g/mol. The van der Waals surface area contributed by atoms with Crippen LogP contribution in [0.5, 0.6) is 0 Å².